The molecule has 0 aliphatic carbocycles. The second kappa shape index (κ2) is 8.19. The molecule has 6 heteroatoms. The second-order valence-electron chi connectivity index (χ2n) is 7.17. The molecule has 1 fully saturated rings. The number of hydrogen-bond acceptors (Lipinski definition) is 4. The van der Waals surface area contributed by atoms with Gasteiger partial charge in [-0.3, -0.25) is 4.90 Å². The van der Waals surface area contributed by atoms with E-state index in [1.165, 1.54) is 30.5 Å². The summed E-state index contributed by atoms with van der Waals surface area (Å²) in [6, 6.07) is 17.0. The van der Waals surface area contributed by atoms with Crippen LogP contribution < -0.4 is 0 Å². The lowest BCUT2D eigenvalue weighted by molar-refractivity contribution is 0.245. The van der Waals surface area contributed by atoms with Gasteiger partial charge >= 0.3 is 0 Å². The Balaban J connectivity index is 1.33. The summed E-state index contributed by atoms with van der Waals surface area (Å²) in [6.45, 7) is 5.13. The highest BCUT2D eigenvalue weighted by molar-refractivity contribution is 6.30. The standard InChI is InChI=1S/C21H24ClN5/c1-16-5-7-17(8-6-16)20-4-2-13-26(20)14-3-15-27-24-21(23-25-27)18-9-11-19(22)12-10-18/h5-12,20H,2-4,13-15H2,1H3. The maximum atomic E-state index is 5.93. The zero-order valence-corrected chi connectivity index (χ0v) is 16.3. The van der Waals surface area contributed by atoms with E-state index in [1.807, 2.05) is 24.3 Å². The minimum absolute atomic E-state index is 0.541. The summed E-state index contributed by atoms with van der Waals surface area (Å²) in [4.78, 5) is 4.28. The Kier molecular flexibility index (Phi) is 5.50. The highest BCUT2D eigenvalue weighted by atomic mass is 35.5. The zero-order valence-electron chi connectivity index (χ0n) is 15.6. The summed E-state index contributed by atoms with van der Waals surface area (Å²) in [6.07, 6.45) is 3.52. The average molecular weight is 382 g/mol. The van der Waals surface area contributed by atoms with Gasteiger partial charge in [-0.15, -0.1) is 10.2 Å². The Morgan fingerprint density at radius 2 is 1.81 bits per heavy atom. The molecular formula is C21H24ClN5. The molecule has 4 rings (SSSR count). The molecule has 140 valence electrons. The lowest BCUT2D eigenvalue weighted by Crippen LogP contribution is -2.25. The van der Waals surface area contributed by atoms with Gasteiger partial charge in [-0.05, 0) is 67.8 Å². The van der Waals surface area contributed by atoms with Crippen LogP contribution >= 0.6 is 11.6 Å². The molecule has 27 heavy (non-hydrogen) atoms. The number of halogens is 1. The van der Waals surface area contributed by atoms with Gasteiger partial charge in [-0.1, -0.05) is 41.4 Å². The van der Waals surface area contributed by atoms with Gasteiger partial charge in [-0.25, -0.2) is 0 Å². The van der Waals surface area contributed by atoms with Crippen molar-refractivity contribution >= 4 is 11.6 Å². The molecule has 3 aromatic rings. The Morgan fingerprint density at radius 3 is 2.59 bits per heavy atom. The van der Waals surface area contributed by atoms with E-state index < -0.39 is 0 Å². The van der Waals surface area contributed by atoms with Crippen LogP contribution in [0.4, 0.5) is 0 Å². The molecule has 0 saturated carbocycles. The Bertz CT molecular complexity index is 872. The molecule has 1 atom stereocenters. The van der Waals surface area contributed by atoms with Crippen LogP contribution in [0.25, 0.3) is 11.4 Å². The molecule has 2 heterocycles. The first-order valence-electron chi connectivity index (χ1n) is 9.53. The van der Waals surface area contributed by atoms with Gasteiger partial charge in [0.1, 0.15) is 0 Å². The van der Waals surface area contributed by atoms with Crippen LogP contribution in [0.5, 0.6) is 0 Å². The third kappa shape index (κ3) is 4.37. The van der Waals surface area contributed by atoms with Crippen molar-refractivity contribution in [3.05, 3.63) is 64.7 Å². The molecule has 1 aromatic heterocycles. The largest absolute Gasteiger partial charge is 0.296 e. The number of aromatic nitrogens is 4. The normalized spacial score (nSPS) is 17.5. The highest BCUT2D eigenvalue weighted by Gasteiger charge is 2.25. The van der Waals surface area contributed by atoms with Crippen LogP contribution in [0, 0.1) is 6.92 Å². The molecule has 1 saturated heterocycles. The topological polar surface area (TPSA) is 46.8 Å². The van der Waals surface area contributed by atoms with E-state index >= 15 is 0 Å². The van der Waals surface area contributed by atoms with E-state index in [2.05, 4.69) is 51.5 Å². The number of likely N-dealkylation sites (tertiary alicyclic amines) is 1. The van der Waals surface area contributed by atoms with E-state index in [0.29, 0.717) is 16.9 Å². The summed E-state index contributed by atoms with van der Waals surface area (Å²) in [5, 5.41) is 13.6. The molecule has 5 nitrogen and oxygen atoms in total. The number of hydrogen-bond donors (Lipinski definition) is 0. The van der Waals surface area contributed by atoms with Crippen molar-refractivity contribution in [2.24, 2.45) is 0 Å². The van der Waals surface area contributed by atoms with E-state index in [-0.39, 0.29) is 0 Å². The summed E-state index contributed by atoms with van der Waals surface area (Å²) >= 11 is 5.93. The zero-order chi connectivity index (χ0) is 18.6. The number of aryl methyl sites for hydroxylation is 2. The maximum Gasteiger partial charge on any atom is 0.204 e. The van der Waals surface area contributed by atoms with Gasteiger partial charge in [0.15, 0.2) is 0 Å². The summed E-state index contributed by atoms with van der Waals surface area (Å²) in [7, 11) is 0. The van der Waals surface area contributed by atoms with Crippen molar-refractivity contribution in [1.82, 2.24) is 25.1 Å². The first kappa shape index (κ1) is 18.1. The van der Waals surface area contributed by atoms with Crippen LogP contribution in [0.15, 0.2) is 48.5 Å². The quantitative estimate of drug-likeness (QED) is 0.629. The minimum Gasteiger partial charge on any atom is -0.296 e. The van der Waals surface area contributed by atoms with Crippen LogP contribution in [-0.2, 0) is 6.54 Å². The second-order valence-corrected chi connectivity index (χ2v) is 7.61. The first-order chi connectivity index (χ1) is 13.2. The summed E-state index contributed by atoms with van der Waals surface area (Å²) < 4.78 is 0. The van der Waals surface area contributed by atoms with Crippen molar-refractivity contribution < 1.29 is 0 Å². The van der Waals surface area contributed by atoms with Crippen LogP contribution in [-0.4, -0.2) is 38.2 Å². The predicted octanol–water partition coefficient (Wildman–Crippen LogP) is 4.53. The van der Waals surface area contributed by atoms with Crippen LogP contribution in [0.2, 0.25) is 5.02 Å². The van der Waals surface area contributed by atoms with E-state index in [1.54, 1.807) is 4.80 Å². The summed E-state index contributed by atoms with van der Waals surface area (Å²) in [5.41, 5.74) is 3.68. The number of nitrogens with zero attached hydrogens (tertiary/aromatic N) is 5. The molecule has 2 aromatic carbocycles. The number of tetrazole rings is 1. The number of benzene rings is 2. The molecule has 1 aliphatic rings. The van der Waals surface area contributed by atoms with Crippen molar-refractivity contribution in [3.8, 4) is 11.4 Å². The number of rotatable bonds is 6. The fourth-order valence-corrected chi connectivity index (χ4v) is 3.85. The molecule has 1 aliphatic heterocycles. The monoisotopic (exact) mass is 381 g/mol. The van der Waals surface area contributed by atoms with Crippen molar-refractivity contribution in [2.45, 2.75) is 38.8 Å². The fraction of sp³-hybridized carbons (Fsp3) is 0.381. The molecule has 0 spiro atoms. The Morgan fingerprint density at radius 1 is 1.04 bits per heavy atom. The molecular weight excluding hydrogens is 358 g/mol. The van der Waals surface area contributed by atoms with E-state index in [4.69, 9.17) is 11.6 Å². The van der Waals surface area contributed by atoms with Crippen LogP contribution in [0.1, 0.15) is 36.4 Å². The maximum absolute atomic E-state index is 5.93. The average Bonchev–Trinajstić information content (AvgIpc) is 3.33. The molecule has 0 radical (unpaired) electrons. The molecule has 0 bridgehead atoms. The Labute approximate surface area is 165 Å². The third-order valence-electron chi connectivity index (χ3n) is 5.18. The summed E-state index contributed by atoms with van der Waals surface area (Å²) in [5.74, 6) is 0.644. The SMILES string of the molecule is Cc1ccc(C2CCCN2CCCn2nnc(-c3ccc(Cl)cc3)n2)cc1. The lowest BCUT2D eigenvalue weighted by atomic mass is 10.0. The minimum atomic E-state index is 0.541. The van der Waals surface area contributed by atoms with Gasteiger partial charge < -0.3 is 0 Å². The third-order valence-corrected chi connectivity index (χ3v) is 5.44. The smallest absolute Gasteiger partial charge is 0.204 e. The van der Waals surface area contributed by atoms with Crippen molar-refractivity contribution in [2.75, 3.05) is 13.1 Å². The van der Waals surface area contributed by atoms with Gasteiger partial charge in [0.05, 0.1) is 6.54 Å². The van der Waals surface area contributed by atoms with E-state index in [9.17, 15) is 0 Å². The highest BCUT2D eigenvalue weighted by Crippen LogP contribution is 2.32. The predicted molar refractivity (Wildman–Crippen MR) is 108 cm³/mol. The Hall–Kier alpha value is -2.24. The first-order valence-corrected chi connectivity index (χ1v) is 9.91. The lowest BCUT2D eigenvalue weighted by Gasteiger charge is -2.24. The van der Waals surface area contributed by atoms with Gasteiger partial charge in [0.2, 0.25) is 5.82 Å². The van der Waals surface area contributed by atoms with Gasteiger partial charge in [0, 0.05) is 23.2 Å². The van der Waals surface area contributed by atoms with Gasteiger partial charge in [0.25, 0.3) is 0 Å². The van der Waals surface area contributed by atoms with Gasteiger partial charge in [-0.2, -0.15) is 4.80 Å². The molecule has 1 unspecified atom stereocenters. The van der Waals surface area contributed by atoms with Crippen molar-refractivity contribution in [1.29, 1.82) is 0 Å². The van der Waals surface area contributed by atoms with Crippen LogP contribution in [0.3, 0.4) is 0 Å². The molecule has 0 N–H and O–H groups in total. The van der Waals surface area contributed by atoms with Crippen molar-refractivity contribution in [3.63, 3.8) is 0 Å². The van der Waals surface area contributed by atoms with E-state index in [0.717, 1.165) is 25.1 Å². The fourth-order valence-electron chi connectivity index (χ4n) is 3.73. The molecule has 0 amide bonds.